The summed E-state index contributed by atoms with van der Waals surface area (Å²) in [5, 5.41) is 0. The lowest BCUT2D eigenvalue weighted by atomic mass is 10.2. The van der Waals surface area contributed by atoms with Crippen LogP contribution >= 0.6 is 11.8 Å². The van der Waals surface area contributed by atoms with E-state index in [1.165, 1.54) is 11.8 Å². The predicted molar refractivity (Wildman–Crippen MR) is 84.5 cm³/mol. The molecule has 0 unspecified atom stereocenters. The van der Waals surface area contributed by atoms with Gasteiger partial charge >= 0.3 is 5.97 Å². The van der Waals surface area contributed by atoms with Crippen molar-refractivity contribution in [2.75, 3.05) is 13.2 Å². The Hall–Kier alpha value is -2.27. The zero-order valence-electron chi connectivity index (χ0n) is 12.2. The van der Waals surface area contributed by atoms with Crippen LogP contribution in [0.25, 0.3) is 0 Å². The molecule has 0 aliphatic carbocycles. The average Bonchev–Trinajstić information content (AvgIpc) is 2.55. The van der Waals surface area contributed by atoms with Crippen molar-refractivity contribution in [1.29, 1.82) is 0 Å². The van der Waals surface area contributed by atoms with Gasteiger partial charge in [0.1, 0.15) is 5.75 Å². The lowest BCUT2D eigenvalue weighted by Crippen LogP contribution is -2.14. The largest absolute Gasteiger partial charge is 0.481 e. The highest BCUT2D eigenvalue weighted by Gasteiger charge is 2.10. The van der Waals surface area contributed by atoms with E-state index >= 15 is 0 Å². The zero-order chi connectivity index (χ0) is 15.8. The molecule has 0 heterocycles. The van der Waals surface area contributed by atoms with E-state index in [0.717, 1.165) is 16.1 Å². The minimum absolute atomic E-state index is 0.138. The van der Waals surface area contributed by atoms with E-state index in [-0.39, 0.29) is 6.61 Å². The van der Waals surface area contributed by atoms with Gasteiger partial charge in [-0.3, -0.25) is 4.79 Å². The smallest absolute Gasteiger partial charge is 0.344 e. The third kappa shape index (κ3) is 4.36. The Kier molecular flexibility index (Phi) is 6.03. The Labute approximate surface area is 133 Å². The van der Waals surface area contributed by atoms with Gasteiger partial charge in [-0.25, -0.2) is 4.79 Å². The fraction of sp³-hybridized carbons (Fsp3) is 0.176. The first-order valence-electron chi connectivity index (χ1n) is 6.84. The lowest BCUT2D eigenvalue weighted by molar-refractivity contribution is -0.145. The summed E-state index contributed by atoms with van der Waals surface area (Å²) < 4.78 is 10.4. The molecule has 0 saturated carbocycles. The Balaban J connectivity index is 2.14. The van der Waals surface area contributed by atoms with E-state index in [2.05, 4.69) is 0 Å². The van der Waals surface area contributed by atoms with Crippen LogP contribution < -0.4 is 4.74 Å². The van der Waals surface area contributed by atoms with Crippen LogP contribution in [0.5, 0.6) is 5.75 Å². The summed E-state index contributed by atoms with van der Waals surface area (Å²) >= 11 is 1.42. The van der Waals surface area contributed by atoms with Crippen molar-refractivity contribution in [2.45, 2.75) is 16.7 Å². The third-order valence-corrected chi connectivity index (χ3v) is 3.91. The minimum atomic E-state index is -0.407. The molecule has 0 fully saturated rings. The van der Waals surface area contributed by atoms with Crippen molar-refractivity contribution < 1.29 is 19.1 Å². The molecule has 2 aromatic rings. The Morgan fingerprint density at radius 1 is 1.09 bits per heavy atom. The number of para-hydroxylation sites is 1. The maximum atomic E-state index is 11.4. The Morgan fingerprint density at radius 2 is 1.77 bits per heavy atom. The highest BCUT2D eigenvalue weighted by Crippen LogP contribution is 2.36. The molecule has 0 N–H and O–H groups in total. The number of hydrogen-bond donors (Lipinski definition) is 0. The van der Waals surface area contributed by atoms with E-state index in [9.17, 15) is 9.59 Å². The van der Waals surface area contributed by atoms with Gasteiger partial charge in [0, 0.05) is 10.5 Å². The minimum Gasteiger partial charge on any atom is -0.481 e. The molecule has 0 atom stereocenters. The van der Waals surface area contributed by atoms with Gasteiger partial charge in [0.2, 0.25) is 0 Å². The molecule has 0 amide bonds. The monoisotopic (exact) mass is 316 g/mol. The summed E-state index contributed by atoms with van der Waals surface area (Å²) in [6, 6.07) is 14.7. The number of ether oxygens (including phenoxy) is 2. The van der Waals surface area contributed by atoms with Crippen LogP contribution in [0.4, 0.5) is 0 Å². The maximum absolute atomic E-state index is 11.4. The van der Waals surface area contributed by atoms with Gasteiger partial charge in [0.05, 0.1) is 11.5 Å². The van der Waals surface area contributed by atoms with Gasteiger partial charge in [-0.1, -0.05) is 42.1 Å². The number of rotatable bonds is 7. The SMILES string of the molecule is CCOC(=O)COc1ccccc1Sc1ccccc1C=O. The highest BCUT2D eigenvalue weighted by atomic mass is 32.2. The van der Waals surface area contributed by atoms with Gasteiger partial charge in [-0.2, -0.15) is 0 Å². The fourth-order valence-electron chi connectivity index (χ4n) is 1.78. The molecular weight excluding hydrogens is 300 g/mol. The van der Waals surface area contributed by atoms with E-state index in [1.54, 1.807) is 19.1 Å². The van der Waals surface area contributed by atoms with Crippen molar-refractivity contribution in [1.82, 2.24) is 0 Å². The van der Waals surface area contributed by atoms with Crippen LogP contribution in [0.2, 0.25) is 0 Å². The molecule has 2 rings (SSSR count). The first-order valence-corrected chi connectivity index (χ1v) is 7.65. The van der Waals surface area contributed by atoms with Crippen molar-refractivity contribution in [3.8, 4) is 5.75 Å². The normalized spacial score (nSPS) is 10.0. The lowest BCUT2D eigenvalue weighted by Gasteiger charge is -2.11. The van der Waals surface area contributed by atoms with Gasteiger partial charge in [0.25, 0.3) is 0 Å². The van der Waals surface area contributed by atoms with E-state index in [4.69, 9.17) is 9.47 Å². The Bertz CT molecular complexity index is 655. The standard InChI is InChI=1S/C17H16O4S/c1-2-20-17(19)12-21-14-8-4-6-10-16(14)22-15-9-5-3-7-13(15)11-18/h3-11H,2,12H2,1H3. The van der Waals surface area contributed by atoms with Gasteiger partial charge < -0.3 is 9.47 Å². The van der Waals surface area contributed by atoms with Crippen LogP contribution in [0.1, 0.15) is 17.3 Å². The molecule has 0 aliphatic rings. The van der Waals surface area contributed by atoms with Gasteiger partial charge in [-0.15, -0.1) is 0 Å². The fourth-order valence-corrected chi connectivity index (χ4v) is 2.77. The number of esters is 1. The van der Waals surface area contributed by atoms with Crippen LogP contribution in [0.15, 0.2) is 58.3 Å². The van der Waals surface area contributed by atoms with Crippen LogP contribution in [0, 0.1) is 0 Å². The molecular formula is C17H16O4S. The summed E-state index contributed by atoms with van der Waals surface area (Å²) in [6.45, 7) is 1.93. The third-order valence-electron chi connectivity index (χ3n) is 2.77. The van der Waals surface area contributed by atoms with Crippen LogP contribution in [0.3, 0.4) is 0 Å². The van der Waals surface area contributed by atoms with E-state index < -0.39 is 5.97 Å². The van der Waals surface area contributed by atoms with E-state index in [0.29, 0.717) is 17.9 Å². The first kappa shape index (κ1) is 16.1. The maximum Gasteiger partial charge on any atom is 0.344 e. The summed E-state index contributed by atoms with van der Waals surface area (Å²) in [7, 11) is 0. The Morgan fingerprint density at radius 3 is 2.50 bits per heavy atom. The molecule has 114 valence electrons. The predicted octanol–water partition coefficient (Wildman–Crippen LogP) is 3.59. The van der Waals surface area contributed by atoms with Crippen LogP contribution in [-0.4, -0.2) is 25.5 Å². The second-order valence-corrected chi connectivity index (χ2v) is 5.38. The number of carbonyl (C=O) groups excluding carboxylic acids is 2. The summed E-state index contributed by atoms with van der Waals surface area (Å²) in [6.07, 6.45) is 0.824. The zero-order valence-corrected chi connectivity index (χ0v) is 13.0. The molecule has 0 saturated heterocycles. The molecule has 22 heavy (non-hydrogen) atoms. The van der Waals surface area contributed by atoms with Crippen molar-refractivity contribution >= 4 is 24.0 Å². The van der Waals surface area contributed by atoms with Crippen LogP contribution in [-0.2, 0) is 9.53 Å². The topological polar surface area (TPSA) is 52.6 Å². The molecule has 0 aromatic heterocycles. The average molecular weight is 316 g/mol. The van der Waals surface area contributed by atoms with E-state index in [1.807, 2.05) is 36.4 Å². The molecule has 4 nitrogen and oxygen atoms in total. The number of carbonyl (C=O) groups is 2. The molecule has 0 radical (unpaired) electrons. The number of benzene rings is 2. The van der Waals surface area contributed by atoms with Crippen molar-refractivity contribution in [3.05, 3.63) is 54.1 Å². The summed E-state index contributed by atoms with van der Waals surface area (Å²) in [5.74, 6) is 0.178. The summed E-state index contributed by atoms with van der Waals surface area (Å²) in [4.78, 5) is 24.1. The molecule has 5 heteroatoms. The molecule has 0 aliphatic heterocycles. The molecule has 2 aromatic carbocycles. The van der Waals surface area contributed by atoms with Gasteiger partial charge in [-0.05, 0) is 25.1 Å². The highest BCUT2D eigenvalue weighted by molar-refractivity contribution is 7.99. The van der Waals surface area contributed by atoms with Crippen molar-refractivity contribution in [3.63, 3.8) is 0 Å². The number of aldehydes is 1. The second-order valence-electron chi connectivity index (χ2n) is 4.30. The first-order chi connectivity index (χ1) is 10.7. The number of hydrogen-bond acceptors (Lipinski definition) is 5. The van der Waals surface area contributed by atoms with Gasteiger partial charge in [0.15, 0.2) is 12.9 Å². The summed E-state index contributed by atoms with van der Waals surface area (Å²) in [5.41, 5.74) is 0.618. The molecule has 0 spiro atoms. The van der Waals surface area contributed by atoms with Crippen molar-refractivity contribution in [2.24, 2.45) is 0 Å². The molecule has 0 bridgehead atoms. The second kappa shape index (κ2) is 8.24. The quantitative estimate of drug-likeness (QED) is 0.577.